The van der Waals surface area contributed by atoms with Gasteiger partial charge in [-0.2, -0.15) is 18.4 Å². The molecule has 92 valence electrons. The molecule has 0 aliphatic heterocycles. The number of alkyl halides is 6. The van der Waals surface area contributed by atoms with Gasteiger partial charge in [0.25, 0.3) is 6.43 Å². The van der Waals surface area contributed by atoms with E-state index < -0.39 is 40.9 Å². The molecule has 0 saturated heterocycles. The fourth-order valence-electron chi connectivity index (χ4n) is 1.28. The first-order valence-corrected chi connectivity index (χ1v) is 4.69. The second-order valence-electron chi connectivity index (χ2n) is 2.95. The molecule has 8 heteroatoms. The van der Waals surface area contributed by atoms with E-state index in [1.54, 1.807) is 0 Å². The summed E-state index contributed by atoms with van der Waals surface area (Å²) < 4.78 is 62.7. The van der Waals surface area contributed by atoms with E-state index in [0.717, 1.165) is 0 Å². The van der Waals surface area contributed by atoms with E-state index in [0.29, 0.717) is 6.20 Å². The van der Waals surface area contributed by atoms with Crippen molar-refractivity contribution in [3.63, 3.8) is 0 Å². The van der Waals surface area contributed by atoms with Crippen molar-refractivity contribution in [2.75, 3.05) is 0 Å². The molecule has 1 aromatic rings. The van der Waals surface area contributed by atoms with Crippen LogP contribution in [0, 0.1) is 11.3 Å². The number of pyridine rings is 1. The smallest absolute Gasteiger partial charge is 0.253 e. The molecule has 0 unspecified atom stereocenters. The monoisotopic (exact) mass is 270 g/mol. The highest BCUT2D eigenvalue weighted by atomic mass is 35.5. The maximum atomic E-state index is 12.6. The first-order chi connectivity index (χ1) is 7.82. The number of hydrogen-bond donors (Lipinski definition) is 0. The lowest BCUT2D eigenvalue weighted by Crippen LogP contribution is -2.16. The number of nitriles is 1. The standard InChI is InChI=1S/C9H4ClF5N2/c10-1-5-4(2-16)3-17-7(8(11)12)6(5)9(13,14)15/h3,8H,1H2. The van der Waals surface area contributed by atoms with Crippen LogP contribution in [0.2, 0.25) is 0 Å². The van der Waals surface area contributed by atoms with Gasteiger partial charge >= 0.3 is 6.18 Å². The molecular weight excluding hydrogens is 267 g/mol. The molecule has 0 aromatic carbocycles. The van der Waals surface area contributed by atoms with Gasteiger partial charge in [-0.3, -0.25) is 4.98 Å². The zero-order chi connectivity index (χ0) is 13.2. The molecule has 0 bridgehead atoms. The molecule has 0 N–H and O–H groups in total. The highest BCUT2D eigenvalue weighted by molar-refractivity contribution is 6.17. The van der Waals surface area contributed by atoms with Gasteiger partial charge in [-0.1, -0.05) is 0 Å². The number of hydrogen-bond acceptors (Lipinski definition) is 2. The molecule has 0 aliphatic carbocycles. The van der Waals surface area contributed by atoms with Gasteiger partial charge in [0.1, 0.15) is 11.8 Å². The summed E-state index contributed by atoms with van der Waals surface area (Å²) in [5.41, 5.74) is -4.17. The molecule has 2 nitrogen and oxygen atoms in total. The van der Waals surface area contributed by atoms with Crippen LogP contribution in [0.3, 0.4) is 0 Å². The topological polar surface area (TPSA) is 36.7 Å². The molecule has 1 rings (SSSR count). The summed E-state index contributed by atoms with van der Waals surface area (Å²) in [4.78, 5) is 2.97. The summed E-state index contributed by atoms with van der Waals surface area (Å²) in [5, 5.41) is 8.57. The fourth-order valence-corrected chi connectivity index (χ4v) is 1.56. The predicted octanol–water partition coefficient (Wildman–Crippen LogP) is 3.65. The van der Waals surface area contributed by atoms with Gasteiger partial charge in [-0.25, -0.2) is 8.78 Å². The van der Waals surface area contributed by atoms with Crippen molar-refractivity contribution < 1.29 is 22.0 Å². The van der Waals surface area contributed by atoms with Gasteiger partial charge < -0.3 is 0 Å². The van der Waals surface area contributed by atoms with E-state index in [4.69, 9.17) is 16.9 Å². The Hall–Kier alpha value is -1.42. The minimum Gasteiger partial charge on any atom is -0.253 e. The summed E-state index contributed by atoms with van der Waals surface area (Å²) in [6.45, 7) is 0. The molecule has 0 radical (unpaired) electrons. The van der Waals surface area contributed by atoms with Gasteiger partial charge in [0.05, 0.1) is 11.1 Å². The summed E-state index contributed by atoms with van der Waals surface area (Å²) in [5.74, 6) is -0.694. The van der Waals surface area contributed by atoms with Crippen LogP contribution in [0.25, 0.3) is 0 Å². The third-order valence-corrected chi connectivity index (χ3v) is 2.23. The summed E-state index contributed by atoms with van der Waals surface area (Å²) in [7, 11) is 0. The molecule has 0 fully saturated rings. The molecule has 1 heterocycles. The van der Waals surface area contributed by atoms with Gasteiger partial charge in [-0.05, 0) is 0 Å². The number of nitrogens with zero attached hydrogens (tertiary/aromatic N) is 2. The quantitative estimate of drug-likeness (QED) is 0.607. The van der Waals surface area contributed by atoms with E-state index in [1.807, 2.05) is 0 Å². The SMILES string of the molecule is N#Cc1cnc(C(F)F)c(C(F)(F)F)c1CCl. The average molecular weight is 271 g/mol. The molecule has 0 amide bonds. The van der Waals surface area contributed by atoms with E-state index in [1.165, 1.54) is 6.07 Å². The first kappa shape index (κ1) is 13.6. The van der Waals surface area contributed by atoms with Gasteiger partial charge in [0, 0.05) is 17.6 Å². The Morgan fingerprint density at radius 3 is 2.35 bits per heavy atom. The Bertz CT molecular complexity index is 464. The van der Waals surface area contributed by atoms with Gasteiger partial charge in [0.15, 0.2) is 0 Å². The number of halogens is 6. The van der Waals surface area contributed by atoms with Crippen LogP contribution in [-0.4, -0.2) is 4.98 Å². The van der Waals surface area contributed by atoms with Crippen molar-refractivity contribution >= 4 is 11.6 Å². The Morgan fingerprint density at radius 2 is 2.00 bits per heavy atom. The van der Waals surface area contributed by atoms with Crippen molar-refractivity contribution in [2.45, 2.75) is 18.5 Å². The van der Waals surface area contributed by atoms with Crippen molar-refractivity contribution in [3.05, 3.63) is 28.6 Å². The van der Waals surface area contributed by atoms with Crippen molar-refractivity contribution in [3.8, 4) is 6.07 Å². The Kier molecular flexibility index (Phi) is 3.88. The lowest BCUT2D eigenvalue weighted by molar-refractivity contribution is -0.140. The Labute approximate surface area is 97.6 Å². The number of rotatable bonds is 2. The fraction of sp³-hybridized carbons (Fsp3) is 0.333. The molecule has 0 saturated carbocycles. The average Bonchev–Trinajstić information content (AvgIpc) is 2.25. The van der Waals surface area contributed by atoms with E-state index >= 15 is 0 Å². The first-order valence-electron chi connectivity index (χ1n) is 4.16. The van der Waals surface area contributed by atoms with Crippen LogP contribution in [-0.2, 0) is 12.1 Å². The Balaban J connectivity index is 3.64. The van der Waals surface area contributed by atoms with Crippen LogP contribution in [0.15, 0.2) is 6.20 Å². The zero-order valence-electron chi connectivity index (χ0n) is 8.02. The zero-order valence-corrected chi connectivity index (χ0v) is 8.78. The van der Waals surface area contributed by atoms with E-state index in [-0.39, 0.29) is 0 Å². The van der Waals surface area contributed by atoms with Crippen LogP contribution in [0.5, 0.6) is 0 Å². The summed E-state index contributed by atoms with van der Waals surface area (Å²) in [6.07, 6.45) is -7.76. The van der Waals surface area contributed by atoms with Crippen LogP contribution in [0.4, 0.5) is 22.0 Å². The number of aromatic nitrogens is 1. The van der Waals surface area contributed by atoms with Crippen molar-refractivity contribution in [1.29, 1.82) is 5.26 Å². The minimum absolute atomic E-state index is 0.461. The lowest BCUT2D eigenvalue weighted by Gasteiger charge is -2.15. The van der Waals surface area contributed by atoms with E-state index in [9.17, 15) is 22.0 Å². The second-order valence-corrected chi connectivity index (χ2v) is 3.22. The second kappa shape index (κ2) is 4.84. The molecule has 0 atom stereocenters. The minimum atomic E-state index is -5.03. The van der Waals surface area contributed by atoms with Gasteiger partial charge in [-0.15, -0.1) is 11.6 Å². The normalized spacial score (nSPS) is 11.6. The van der Waals surface area contributed by atoms with Crippen molar-refractivity contribution in [2.24, 2.45) is 0 Å². The maximum Gasteiger partial charge on any atom is 0.418 e. The molecule has 0 aliphatic rings. The predicted molar refractivity (Wildman–Crippen MR) is 48.5 cm³/mol. The lowest BCUT2D eigenvalue weighted by atomic mass is 10.0. The molecule has 1 aromatic heterocycles. The largest absolute Gasteiger partial charge is 0.418 e. The Morgan fingerprint density at radius 1 is 1.41 bits per heavy atom. The third kappa shape index (κ3) is 2.64. The van der Waals surface area contributed by atoms with Crippen LogP contribution in [0.1, 0.15) is 28.8 Å². The molecular formula is C9H4ClF5N2. The van der Waals surface area contributed by atoms with Crippen LogP contribution < -0.4 is 0 Å². The highest BCUT2D eigenvalue weighted by Gasteiger charge is 2.40. The van der Waals surface area contributed by atoms with Gasteiger partial charge in [0.2, 0.25) is 0 Å². The van der Waals surface area contributed by atoms with E-state index in [2.05, 4.69) is 4.98 Å². The summed E-state index contributed by atoms with van der Waals surface area (Å²) in [6, 6.07) is 1.43. The summed E-state index contributed by atoms with van der Waals surface area (Å²) >= 11 is 5.27. The third-order valence-electron chi connectivity index (χ3n) is 1.96. The van der Waals surface area contributed by atoms with Crippen molar-refractivity contribution in [1.82, 2.24) is 4.98 Å². The maximum absolute atomic E-state index is 12.6. The molecule has 17 heavy (non-hydrogen) atoms. The molecule has 0 spiro atoms. The van der Waals surface area contributed by atoms with Crippen LogP contribution >= 0.6 is 11.6 Å². The highest BCUT2D eigenvalue weighted by Crippen LogP contribution is 2.39.